The number of carbonyl (C=O) groups is 1. The number of aliphatic hydroxyl groups excluding tert-OH is 1. The molecule has 0 spiro atoms. The average molecular weight is 717 g/mol. The Hall–Kier alpha value is -0.760. The molecule has 0 aromatic rings. The third-order valence-corrected chi connectivity index (χ3v) is 10.3. The quantitative estimate of drug-likeness (QED) is 0.0283. The molecule has 1 amide bonds. The smallest absolute Gasteiger partial charge is 0.387 e. The van der Waals surface area contributed by atoms with E-state index in [0.29, 0.717) is 6.42 Å². The molecule has 3 atom stereocenters. The fourth-order valence-corrected chi connectivity index (χ4v) is 6.95. The summed E-state index contributed by atoms with van der Waals surface area (Å²) in [6.45, 7) is 4.12. The number of rotatable bonds is 39. The Bertz CT molecular complexity index is 784. The Kier molecular flexibility index (Phi) is 36.4. The van der Waals surface area contributed by atoms with E-state index in [-0.39, 0.29) is 25.7 Å². The van der Waals surface area contributed by atoms with E-state index in [2.05, 4.69) is 19.2 Å². The summed E-state index contributed by atoms with van der Waals surface area (Å²) >= 11 is 0. The van der Waals surface area contributed by atoms with Gasteiger partial charge in [0.15, 0.2) is 0 Å². The third-order valence-electron chi connectivity index (χ3n) is 9.36. The molecule has 0 bridgehead atoms. The van der Waals surface area contributed by atoms with E-state index in [9.17, 15) is 19.4 Å². The molecule has 9 heteroatoms. The molecule has 0 saturated heterocycles. The van der Waals surface area contributed by atoms with Crippen LogP contribution < -0.4 is 11.1 Å². The van der Waals surface area contributed by atoms with Crippen LogP contribution in [0.5, 0.6) is 0 Å². The largest absolute Gasteiger partial charge is 0.472 e. The molecule has 0 radical (unpaired) electrons. The molecule has 0 saturated carbocycles. The number of allylic oxidation sites excluding steroid dienone is 1. The number of hydrogen-bond acceptors (Lipinski definition) is 6. The van der Waals surface area contributed by atoms with Crippen molar-refractivity contribution < 1.29 is 28.4 Å². The van der Waals surface area contributed by atoms with E-state index in [1.165, 1.54) is 148 Å². The number of phosphoric ester groups is 1. The predicted molar refractivity (Wildman–Crippen MR) is 208 cm³/mol. The molecule has 3 unspecified atom stereocenters. The molecule has 292 valence electrons. The Morgan fingerprint density at radius 3 is 1.45 bits per heavy atom. The van der Waals surface area contributed by atoms with Gasteiger partial charge in [0.2, 0.25) is 5.91 Å². The maximum atomic E-state index is 12.6. The number of aliphatic hydroxyl groups is 1. The summed E-state index contributed by atoms with van der Waals surface area (Å²) in [5.74, 6) is -0.196. The topological polar surface area (TPSA) is 131 Å². The van der Waals surface area contributed by atoms with Crippen LogP contribution in [-0.4, -0.2) is 47.8 Å². The van der Waals surface area contributed by atoms with Gasteiger partial charge in [-0.05, 0) is 19.3 Å². The predicted octanol–water partition coefficient (Wildman–Crippen LogP) is 11.2. The van der Waals surface area contributed by atoms with Crippen LogP contribution in [0.2, 0.25) is 0 Å². The highest BCUT2D eigenvalue weighted by molar-refractivity contribution is 7.47. The van der Waals surface area contributed by atoms with Gasteiger partial charge < -0.3 is 21.1 Å². The summed E-state index contributed by atoms with van der Waals surface area (Å²) in [5, 5.41) is 13.6. The van der Waals surface area contributed by atoms with Crippen LogP contribution >= 0.6 is 7.82 Å². The van der Waals surface area contributed by atoms with E-state index >= 15 is 0 Å². The van der Waals surface area contributed by atoms with Crippen molar-refractivity contribution >= 4 is 13.7 Å². The minimum Gasteiger partial charge on any atom is -0.387 e. The number of carbonyl (C=O) groups excluding carboxylic acids is 1. The average Bonchev–Trinajstić information content (AvgIpc) is 3.09. The normalized spacial score (nSPS) is 14.3. The first-order chi connectivity index (χ1) is 23.9. The highest BCUT2D eigenvalue weighted by atomic mass is 31.2. The lowest BCUT2D eigenvalue weighted by Gasteiger charge is -2.23. The van der Waals surface area contributed by atoms with Crippen LogP contribution in [0.1, 0.15) is 206 Å². The Labute approximate surface area is 303 Å². The zero-order valence-corrected chi connectivity index (χ0v) is 33.1. The molecule has 0 aromatic carbocycles. The number of nitrogens with two attached hydrogens (primary N) is 1. The van der Waals surface area contributed by atoms with Crippen molar-refractivity contribution in [2.45, 2.75) is 219 Å². The Morgan fingerprint density at radius 2 is 1.04 bits per heavy atom. The van der Waals surface area contributed by atoms with Crippen LogP contribution in [0.25, 0.3) is 0 Å². The second-order valence-electron chi connectivity index (χ2n) is 14.2. The Balaban J connectivity index is 4.12. The van der Waals surface area contributed by atoms with Crippen LogP contribution in [0.15, 0.2) is 12.2 Å². The maximum absolute atomic E-state index is 12.6. The summed E-state index contributed by atoms with van der Waals surface area (Å²) in [6.07, 6.45) is 39.8. The molecule has 0 aliphatic heterocycles. The minimum atomic E-state index is -4.33. The van der Waals surface area contributed by atoms with E-state index in [4.69, 9.17) is 14.8 Å². The van der Waals surface area contributed by atoms with Gasteiger partial charge in [-0.2, -0.15) is 0 Å². The summed E-state index contributed by atoms with van der Waals surface area (Å²) in [5.41, 5.74) is 5.36. The van der Waals surface area contributed by atoms with E-state index in [1.54, 1.807) is 6.08 Å². The van der Waals surface area contributed by atoms with Gasteiger partial charge in [0.1, 0.15) is 0 Å². The lowest BCUT2D eigenvalue weighted by molar-refractivity contribution is -0.123. The highest BCUT2D eigenvalue weighted by Crippen LogP contribution is 2.43. The lowest BCUT2D eigenvalue weighted by Crippen LogP contribution is -2.45. The van der Waals surface area contributed by atoms with Gasteiger partial charge in [0, 0.05) is 13.0 Å². The first-order valence-electron chi connectivity index (χ1n) is 20.8. The molecule has 0 heterocycles. The summed E-state index contributed by atoms with van der Waals surface area (Å²) in [4.78, 5) is 22.5. The lowest BCUT2D eigenvalue weighted by atomic mass is 10.0. The van der Waals surface area contributed by atoms with Crippen molar-refractivity contribution in [2.75, 3.05) is 19.8 Å². The van der Waals surface area contributed by atoms with Crippen molar-refractivity contribution in [1.29, 1.82) is 0 Å². The maximum Gasteiger partial charge on any atom is 0.472 e. The molecule has 0 aliphatic carbocycles. The fourth-order valence-electron chi connectivity index (χ4n) is 6.19. The molecular weight excluding hydrogens is 635 g/mol. The van der Waals surface area contributed by atoms with Gasteiger partial charge in [0.25, 0.3) is 0 Å². The van der Waals surface area contributed by atoms with E-state index < -0.39 is 20.0 Å². The molecule has 49 heavy (non-hydrogen) atoms. The van der Waals surface area contributed by atoms with Crippen LogP contribution in [-0.2, 0) is 18.4 Å². The fraction of sp³-hybridized carbons (Fsp3) is 0.925. The summed E-state index contributed by atoms with van der Waals surface area (Å²) in [6, 6.07) is -0.852. The van der Waals surface area contributed by atoms with Crippen molar-refractivity contribution in [2.24, 2.45) is 5.73 Å². The van der Waals surface area contributed by atoms with Crippen LogP contribution in [0.3, 0.4) is 0 Å². The van der Waals surface area contributed by atoms with Crippen molar-refractivity contribution in [3.8, 4) is 0 Å². The Morgan fingerprint density at radius 1 is 0.653 bits per heavy atom. The van der Waals surface area contributed by atoms with Gasteiger partial charge in [-0.1, -0.05) is 193 Å². The molecular formula is C40H81N2O6P. The second-order valence-corrected chi connectivity index (χ2v) is 15.7. The van der Waals surface area contributed by atoms with Crippen molar-refractivity contribution in [1.82, 2.24) is 5.32 Å². The summed E-state index contributed by atoms with van der Waals surface area (Å²) in [7, 11) is -4.33. The first kappa shape index (κ1) is 48.2. The van der Waals surface area contributed by atoms with Crippen LogP contribution in [0.4, 0.5) is 0 Å². The van der Waals surface area contributed by atoms with Gasteiger partial charge in [-0.15, -0.1) is 0 Å². The number of nitrogens with one attached hydrogen (secondary N) is 1. The zero-order valence-electron chi connectivity index (χ0n) is 32.2. The molecule has 0 rings (SSSR count). The standard InChI is InChI=1S/C40H81N2O6P/c1-3-5-7-9-11-13-14-15-16-17-18-19-20-21-22-23-24-26-27-29-31-33-39(43)38(37-48-49(45,46)47-36-35-41)42-40(44)34-32-30-28-25-12-10-8-6-4-2/h31,33,38-39,43H,3-30,32,34-37,41H2,1-2H3,(H,42,44)(H,45,46)/b33-31+. The van der Waals surface area contributed by atoms with Gasteiger partial charge in [0.05, 0.1) is 25.4 Å². The minimum absolute atomic E-state index is 0.0810. The molecule has 0 fully saturated rings. The monoisotopic (exact) mass is 717 g/mol. The number of phosphoric acid groups is 1. The van der Waals surface area contributed by atoms with Crippen LogP contribution in [0, 0.1) is 0 Å². The SMILES string of the molecule is CCCCCCCCCCCCCCCCCCCCC/C=C/C(O)C(COP(=O)(O)OCCN)NC(=O)CCCCCCCCCCC. The molecule has 0 aromatic heterocycles. The molecule has 8 nitrogen and oxygen atoms in total. The van der Waals surface area contributed by atoms with Crippen molar-refractivity contribution in [3.05, 3.63) is 12.2 Å². The van der Waals surface area contributed by atoms with E-state index in [0.717, 1.165) is 38.5 Å². The summed E-state index contributed by atoms with van der Waals surface area (Å²) < 4.78 is 22.0. The number of hydrogen-bond donors (Lipinski definition) is 4. The third kappa shape index (κ3) is 35.4. The number of amides is 1. The van der Waals surface area contributed by atoms with E-state index in [1.807, 2.05) is 6.08 Å². The number of unbranched alkanes of at least 4 members (excludes halogenated alkanes) is 27. The second kappa shape index (κ2) is 37.0. The zero-order chi connectivity index (χ0) is 36.1. The molecule has 0 aliphatic rings. The van der Waals surface area contributed by atoms with Gasteiger partial charge in [-0.25, -0.2) is 4.57 Å². The van der Waals surface area contributed by atoms with Gasteiger partial charge >= 0.3 is 7.82 Å². The first-order valence-corrected chi connectivity index (χ1v) is 22.3. The van der Waals surface area contributed by atoms with Gasteiger partial charge in [-0.3, -0.25) is 13.8 Å². The van der Waals surface area contributed by atoms with Crippen molar-refractivity contribution in [3.63, 3.8) is 0 Å². The highest BCUT2D eigenvalue weighted by Gasteiger charge is 2.26. The molecule has 5 N–H and O–H groups in total.